The molecular weight excluding hydrogens is 342 g/mol. The van der Waals surface area contributed by atoms with Crippen LogP contribution in [-0.2, 0) is 26.0 Å². The molecule has 8 heteroatoms. The Morgan fingerprint density at radius 1 is 1.16 bits per heavy atom. The largest absolute Gasteiger partial charge is 0.345 e. The van der Waals surface area contributed by atoms with Gasteiger partial charge in [-0.2, -0.15) is 4.31 Å². The molecule has 3 rings (SSSR count). The monoisotopic (exact) mass is 365 g/mol. The van der Waals surface area contributed by atoms with Gasteiger partial charge in [0, 0.05) is 19.6 Å². The summed E-state index contributed by atoms with van der Waals surface area (Å²) in [5.41, 5.74) is 1.11. The van der Waals surface area contributed by atoms with Crippen LogP contribution in [0.4, 0.5) is 0 Å². The average molecular weight is 365 g/mol. The Labute approximate surface area is 148 Å². The molecule has 2 aliphatic heterocycles. The molecule has 0 aliphatic carbocycles. The van der Waals surface area contributed by atoms with E-state index in [9.17, 15) is 18.0 Å². The van der Waals surface area contributed by atoms with Crippen LogP contribution in [0.1, 0.15) is 25.3 Å². The van der Waals surface area contributed by atoms with Crippen molar-refractivity contribution < 1.29 is 18.0 Å². The maximum Gasteiger partial charge on any atom is 0.244 e. The molecular formula is C17H23N3O4S. The molecule has 7 nitrogen and oxygen atoms in total. The van der Waals surface area contributed by atoms with Crippen molar-refractivity contribution in [3.8, 4) is 0 Å². The van der Waals surface area contributed by atoms with Gasteiger partial charge in [0.25, 0.3) is 0 Å². The normalized spacial score (nSPS) is 21.8. The van der Waals surface area contributed by atoms with Crippen molar-refractivity contribution in [2.24, 2.45) is 0 Å². The molecule has 0 unspecified atom stereocenters. The smallest absolute Gasteiger partial charge is 0.244 e. The highest BCUT2D eigenvalue weighted by Gasteiger charge is 2.42. The molecule has 0 radical (unpaired) electrons. The third-order valence-corrected chi connectivity index (χ3v) is 6.64. The fraction of sp³-hybridized carbons (Fsp3) is 0.529. The van der Waals surface area contributed by atoms with E-state index in [0.29, 0.717) is 0 Å². The Morgan fingerprint density at radius 3 is 2.56 bits per heavy atom. The minimum Gasteiger partial charge on any atom is -0.345 e. The van der Waals surface area contributed by atoms with E-state index in [1.54, 1.807) is 12.1 Å². The molecule has 1 aromatic carbocycles. The molecule has 25 heavy (non-hydrogen) atoms. The zero-order valence-electron chi connectivity index (χ0n) is 14.3. The van der Waals surface area contributed by atoms with Crippen molar-refractivity contribution in [3.63, 3.8) is 0 Å². The molecule has 0 bridgehead atoms. The second kappa shape index (κ2) is 7.13. The van der Waals surface area contributed by atoms with Gasteiger partial charge >= 0.3 is 0 Å². The van der Waals surface area contributed by atoms with Gasteiger partial charge in [0.1, 0.15) is 6.04 Å². The van der Waals surface area contributed by atoms with Gasteiger partial charge < -0.3 is 10.2 Å². The Balaban J connectivity index is 1.76. The van der Waals surface area contributed by atoms with Crippen LogP contribution in [-0.4, -0.2) is 61.7 Å². The molecule has 1 aromatic rings. The highest BCUT2D eigenvalue weighted by atomic mass is 32.2. The zero-order chi connectivity index (χ0) is 18.0. The van der Waals surface area contributed by atoms with Crippen molar-refractivity contribution in [2.45, 2.75) is 37.1 Å². The van der Waals surface area contributed by atoms with Crippen LogP contribution in [0.2, 0.25) is 0 Å². The second-order valence-corrected chi connectivity index (χ2v) is 8.37. The third kappa shape index (κ3) is 3.55. The molecule has 136 valence electrons. The van der Waals surface area contributed by atoms with Crippen molar-refractivity contribution in [1.29, 1.82) is 0 Å². The summed E-state index contributed by atoms with van der Waals surface area (Å²) in [6.45, 7) is 2.55. The lowest BCUT2D eigenvalue weighted by molar-refractivity contribution is -0.147. The van der Waals surface area contributed by atoms with Crippen LogP contribution in [0.5, 0.6) is 0 Å². The molecule has 1 atom stereocenters. The molecule has 0 saturated carbocycles. The number of nitrogens with zero attached hydrogens (tertiary/aromatic N) is 2. The van der Waals surface area contributed by atoms with E-state index in [0.717, 1.165) is 24.8 Å². The van der Waals surface area contributed by atoms with Crippen molar-refractivity contribution in [2.75, 3.05) is 26.2 Å². The number of unbranched alkanes of at least 4 members (excludes halogenated alkanes) is 1. The first kappa shape index (κ1) is 17.9. The van der Waals surface area contributed by atoms with Crippen molar-refractivity contribution >= 4 is 21.8 Å². The number of amides is 2. The maximum absolute atomic E-state index is 12.9. The van der Waals surface area contributed by atoms with E-state index in [-0.39, 0.29) is 42.9 Å². The number of nitrogens with one attached hydrogen (secondary N) is 1. The van der Waals surface area contributed by atoms with Crippen LogP contribution in [0.3, 0.4) is 0 Å². The lowest BCUT2D eigenvalue weighted by atomic mass is 10.1. The van der Waals surface area contributed by atoms with Gasteiger partial charge in [-0.15, -0.1) is 0 Å². The van der Waals surface area contributed by atoms with E-state index in [4.69, 9.17) is 0 Å². The van der Waals surface area contributed by atoms with Gasteiger partial charge in [0.05, 0.1) is 11.4 Å². The number of hydrogen-bond acceptors (Lipinski definition) is 4. The molecule has 2 fully saturated rings. The van der Waals surface area contributed by atoms with Gasteiger partial charge in [-0.05, 0) is 30.5 Å². The van der Waals surface area contributed by atoms with E-state index in [1.807, 2.05) is 12.1 Å². The maximum atomic E-state index is 12.9. The summed E-state index contributed by atoms with van der Waals surface area (Å²) < 4.78 is 27.0. The quantitative estimate of drug-likeness (QED) is 0.816. The molecule has 2 heterocycles. The first-order chi connectivity index (χ1) is 11.9. The van der Waals surface area contributed by atoms with Gasteiger partial charge in [-0.3, -0.25) is 9.59 Å². The number of benzene rings is 1. The van der Waals surface area contributed by atoms with Crippen LogP contribution in [0, 0.1) is 0 Å². The van der Waals surface area contributed by atoms with E-state index in [2.05, 4.69) is 12.2 Å². The molecule has 2 aliphatic rings. The van der Waals surface area contributed by atoms with Crippen LogP contribution >= 0.6 is 0 Å². The summed E-state index contributed by atoms with van der Waals surface area (Å²) in [5, 5.41) is 2.52. The first-order valence-electron chi connectivity index (χ1n) is 8.59. The topological polar surface area (TPSA) is 86.8 Å². The number of fused-ring (bicyclic) bond motifs is 1. The average Bonchev–Trinajstić information content (AvgIpc) is 2.63. The predicted molar refractivity (Wildman–Crippen MR) is 92.3 cm³/mol. The Kier molecular flexibility index (Phi) is 5.10. The highest BCUT2D eigenvalue weighted by molar-refractivity contribution is 7.89. The minimum atomic E-state index is -3.68. The van der Waals surface area contributed by atoms with Crippen molar-refractivity contribution in [3.05, 3.63) is 29.8 Å². The number of rotatable bonds is 5. The standard InChI is InChI=1S/C17H23N3O4S/c1-2-3-4-13-5-7-14(8-6-13)25(23,24)19-9-10-20-15(12-19)17(22)18-11-16(20)21/h5-8,15H,2-4,9-12H2,1H3,(H,18,22)/t15-/m1/s1. The Bertz CT molecular complexity index is 761. The number of aryl methyl sites for hydroxylation is 1. The van der Waals surface area contributed by atoms with E-state index < -0.39 is 16.1 Å². The molecule has 2 saturated heterocycles. The lowest BCUT2D eigenvalue weighted by Gasteiger charge is -2.42. The number of carbonyl (C=O) groups is 2. The summed E-state index contributed by atoms with van der Waals surface area (Å²) in [6, 6.07) is 6.19. The summed E-state index contributed by atoms with van der Waals surface area (Å²) >= 11 is 0. The van der Waals surface area contributed by atoms with Crippen LogP contribution in [0.15, 0.2) is 29.2 Å². The summed E-state index contributed by atoms with van der Waals surface area (Å²) in [6.07, 6.45) is 3.09. The van der Waals surface area contributed by atoms with E-state index >= 15 is 0 Å². The summed E-state index contributed by atoms with van der Waals surface area (Å²) in [7, 11) is -3.68. The lowest BCUT2D eigenvalue weighted by Crippen LogP contribution is -2.66. The summed E-state index contributed by atoms with van der Waals surface area (Å²) in [4.78, 5) is 25.6. The molecule has 0 spiro atoms. The Morgan fingerprint density at radius 2 is 1.88 bits per heavy atom. The summed E-state index contributed by atoms with van der Waals surface area (Å²) in [5.74, 6) is -0.462. The van der Waals surface area contributed by atoms with Crippen LogP contribution in [0.25, 0.3) is 0 Å². The minimum absolute atomic E-state index is 0.00249. The predicted octanol–water partition coefficient (Wildman–Crippen LogP) is 0.361. The third-order valence-electron chi connectivity index (χ3n) is 4.76. The number of sulfonamides is 1. The molecule has 1 N–H and O–H groups in total. The number of hydrogen-bond donors (Lipinski definition) is 1. The molecule has 2 amide bonds. The number of carbonyl (C=O) groups excluding carboxylic acids is 2. The Hall–Kier alpha value is -1.93. The number of piperazine rings is 2. The van der Waals surface area contributed by atoms with E-state index in [1.165, 1.54) is 9.21 Å². The first-order valence-corrected chi connectivity index (χ1v) is 10.0. The SMILES string of the molecule is CCCCc1ccc(S(=O)(=O)N2CCN3C(=O)CNC(=O)[C@H]3C2)cc1. The van der Waals surface area contributed by atoms with Gasteiger partial charge in [0.2, 0.25) is 21.8 Å². The fourth-order valence-corrected chi connectivity index (χ4v) is 4.68. The van der Waals surface area contributed by atoms with Gasteiger partial charge in [-0.25, -0.2) is 8.42 Å². The van der Waals surface area contributed by atoms with Crippen molar-refractivity contribution in [1.82, 2.24) is 14.5 Å². The zero-order valence-corrected chi connectivity index (χ0v) is 15.1. The molecule has 0 aromatic heterocycles. The van der Waals surface area contributed by atoms with Gasteiger partial charge in [-0.1, -0.05) is 25.5 Å². The second-order valence-electron chi connectivity index (χ2n) is 6.43. The fourth-order valence-electron chi connectivity index (χ4n) is 3.24. The van der Waals surface area contributed by atoms with Crippen LogP contribution < -0.4 is 5.32 Å². The highest BCUT2D eigenvalue weighted by Crippen LogP contribution is 2.22. The van der Waals surface area contributed by atoms with Gasteiger partial charge in [0.15, 0.2) is 0 Å².